The third-order valence-corrected chi connectivity index (χ3v) is 6.63. The molecule has 1 heterocycles. The number of piperidine rings is 1. The topological polar surface area (TPSA) is 84.7 Å². The molecule has 1 aliphatic heterocycles. The molecule has 2 rings (SSSR count). The average Bonchev–Trinajstić information content (AvgIpc) is 2.86. The van der Waals surface area contributed by atoms with Crippen LogP contribution in [0.5, 0.6) is 0 Å². The Labute approximate surface area is 171 Å². The summed E-state index contributed by atoms with van der Waals surface area (Å²) in [6.45, 7) is 9.72. The van der Waals surface area contributed by atoms with E-state index in [-0.39, 0.29) is 29.5 Å². The number of carbonyl (C=O) groups is 2. The van der Waals surface area contributed by atoms with Crippen molar-refractivity contribution >= 4 is 34.6 Å². The van der Waals surface area contributed by atoms with Crippen LogP contribution in [0.15, 0.2) is 0 Å². The lowest BCUT2D eigenvalue weighted by atomic mass is 9.73. The lowest BCUT2D eigenvalue weighted by Crippen LogP contribution is -2.54. The first-order valence-electron chi connectivity index (χ1n) is 9.68. The highest BCUT2D eigenvalue weighted by Gasteiger charge is 2.46. The number of hydrogen-bond acceptors (Lipinski definition) is 4. The molecule has 1 spiro atoms. The molecule has 1 saturated heterocycles. The first-order chi connectivity index (χ1) is 12.0. The molecule has 0 bridgehead atoms. The third-order valence-electron chi connectivity index (χ3n) is 5.80. The van der Waals surface area contributed by atoms with E-state index in [0.717, 1.165) is 45.2 Å². The first-order valence-corrected chi connectivity index (χ1v) is 10.9. The fourth-order valence-corrected chi connectivity index (χ4v) is 5.21. The summed E-state index contributed by atoms with van der Waals surface area (Å²) in [6, 6.07) is 0.384. The zero-order valence-corrected chi connectivity index (χ0v) is 18.7. The Hall–Kier alpha value is -0.570. The number of nitrogens with one attached hydrogen (secondary N) is 1. The Morgan fingerprint density at radius 1 is 1.31 bits per heavy atom. The largest absolute Gasteiger partial charge is 0.444 e. The molecular formula is C19H34IN3O3. The lowest BCUT2D eigenvalue weighted by Gasteiger charge is -2.46. The number of nitrogens with two attached hydrogens (primary N) is 1. The van der Waals surface area contributed by atoms with Crippen molar-refractivity contribution in [2.45, 2.75) is 87.8 Å². The van der Waals surface area contributed by atoms with E-state index in [1.54, 1.807) is 0 Å². The van der Waals surface area contributed by atoms with Gasteiger partial charge in [-0.15, -0.1) is 0 Å². The zero-order chi connectivity index (χ0) is 19.5. The second-order valence-electron chi connectivity index (χ2n) is 8.90. The van der Waals surface area contributed by atoms with Crippen LogP contribution >= 0.6 is 22.6 Å². The third kappa shape index (κ3) is 5.71. The molecule has 2 amide bonds. The van der Waals surface area contributed by atoms with Crippen molar-refractivity contribution in [2.75, 3.05) is 13.1 Å². The number of rotatable bonds is 5. The van der Waals surface area contributed by atoms with Crippen LogP contribution in [-0.2, 0) is 9.53 Å². The van der Waals surface area contributed by atoms with Crippen LogP contribution in [0, 0.1) is 5.41 Å². The van der Waals surface area contributed by atoms with Crippen molar-refractivity contribution in [2.24, 2.45) is 11.1 Å². The number of halogens is 1. The Morgan fingerprint density at radius 2 is 1.92 bits per heavy atom. The van der Waals surface area contributed by atoms with Gasteiger partial charge in [-0.1, -0.05) is 35.9 Å². The Balaban J connectivity index is 1.97. The minimum Gasteiger partial charge on any atom is -0.444 e. The van der Waals surface area contributed by atoms with Crippen LogP contribution in [-0.4, -0.2) is 51.6 Å². The summed E-state index contributed by atoms with van der Waals surface area (Å²) >= 11 is 2.39. The SMILES string of the molecule is C[C@H](I)C(CC(N)=O)N1CCC2(CCC[C@H]2NC(=O)OC(C)(C)C)CC1. The van der Waals surface area contributed by atoms with Crippen LogP contribution in [0.3, 0.4) is 0 Å². The van der Waals surface area contributed by atoms with E-state index in [1.165, 1.54) is 0 Å². The quantitative estimate of drug-likeness (QED) is 0.469. The normalized spacial score (nSPS) is 25.7. The van der Waals surface area contributed by atoms with Crippen molar-refractivity contribution in [1.82, 2.24) is 10.2 Å². The maximum Gasteiger partial charge on any atom is 0.407 e. The van der Waals surface area contributed by atoms with Gasteiger partial charge in [-0.3, -0.25) is 9.69 Å². The molecule has 0 aromatic carbocycles. The van der Waals surface area contributed by atoms with Gasteiger partial charge in [-0.05, 0) is 65.0 Å². The number of alkyl halides is 1. The van der Waals surface area contributed by atoms with Gasteiger partial charge in [0, 0.05) is 22.4 Å². The monoisotopic (exact) mass is 479 g/mol. The van der Waals surface area contributed by atoms with Gasteiger partial charge in [0.15, 0.2) is 0 Å². The van der Waals surface area contributed by atoms with Crippen molar-refractivity contribution in [3.63, 3.8) is 0 Å². The zero-order valence-electron chi connectivity index (χ0n) is 16.5. The highest BCUT2D eigenvalue weighted by Crippen LogP contribution is 2.47. The lowest BCUT2D eigenvalue weighted by molar-refractivity contribution is -0.119. The highest BCUT2D eigenvalue weighted by atomic mass is 127. The standard InChI is InChI=1S/C19H34IN3O3/c1-13(20)14(12-16(21)24)23-10-8-19(9-11-23)7-5-6-15(19)22-17(25)26-18(2,3)4/h13-15H,5-12H2,1-4H3,(H2,21,24)(H,22,25)/t13-,14?,15+/m0/s1. The number of amides is 2. The van der Waals surface area contributed by atoms with E-state index < -0.39 is 5.60 Å². The van der Waals surface area contributed by atoms with Gasteiger partial charge in [0.2, 0.25) is 5.91 Å². The van der Waals surface area contributed by atoms with Crippen molar-refractivity contribution in [3.8, 4) is 0 Å². The van der Waals surface area contributed by atoms with Gasteiger partial charge in [-0.2, -0.15) is 0 Å². The molecule has 1 aliphatic carbocycles. The predicted molar refractivity (Wildman–Crippen MR) is 111 cm³/mol. The van der Waals surface area contributed by atoms with Gasteiger partial charge in [0.25, 0.3) is 0 Å². The molecule has 3 atom stereocenters. The minimum absolute atomic E-state index is 0.166. The van der Waals surface area contributed by atoms with E-state index in [0.29, 0.717) is 10.3 Å². The number of hydrogen-bond donors (Lipinski definition) is 2. The number of alkyl carbamates (subject to hydrolysis) is 1. The van der Waals surface area contributed by atoms with Gasteiger partial charge in [0.05, 0.1) is 0 Å². The van der Waals surface area contributed by atoms with Crippen LogP contribution in [0.4, 0.5) is 4.79 Å². The summed E-state index contributed by atoms with van der Waals surface area (Å²) in [6.07, 6.45) is 5.52. The molecule has 0 radical (unpaired) electrons. The summed E-state index contributed by atoms with van der Waals surface area (Å²) in [5, 5.41) is 3.14. The number of ether oxygens (including phenoxy) is 1. The van der Waals surface area contributed by atoms with Gasteiger partial charge < -0.3 is 15.8 Å². The maximum absolute atomic E-state index is 12.2. The summed E-state index contributed by atoms with van der Waals surface area (Å²) in [5.74, 6) is -0.232. The number of carbonyl (C=O) groups excluding carboxylic acids is 2. The summed E-state index contributed by atoms with van der Waals surface area (Å²) < 4.78 is 5.82. The number of likely N-dealkylation sites (tertiary alicyclic amines) is 1. The van der Waals surface area contributed by atoms with Crippen LogP contribution < -0.4 is 11.1 Å². The smallest absolute Gasteiger partial charge is 0.407 e. The molecule has 7 heteroatoms. The molecular weight excluding hydrogens is 445 g/mol. The van der Waals surface area contributed by atoms with Crippen molar-refractivity contribution < 1.29 is 14.3 Å². The van der Waals surface area contributed by atoms with E-state index in [4.69, 9.17) is 10.5 Å². The van der Waals surface area contributed by atoms with E-state index in [1.807, 2.05) is 20.8 Å². The predicted octanol–water partition coefficient (Wildman–Crippen LogP) is 3.21. The summed E-state index contributed by atoms with van der Waals surface area (Å²) in [4.78, 5) is 26.1. The minimum atomic E-state index is -0.475. The molecule has 6 nitrogen and oxygen atoms in total. The van der Waals surface area contributed by atoms with Gasteiger partial charge in [0.1, 0.15) is 5.60 Å². The van der Waals surface area contributed by atoms with Gasteiger partial charge >= 0.3 is 6.09 Å². The molecule has 1 saturated carbocycles. The molecule has 0 aromatic heterocycles. The van der Waals surface area contributed by atoms with Crippen LogP contribution in [0.25, 0.3) is 0 Å². The fraction of sp³-hybridized carbons (Fsp3) is 0.895. The molecule has 0 aromatic rings. The Kier molecular flexibility index (Phi) is 7.21. The molecule has 26 heavy (non-hydrogen) atoms. The van der Waals surface area contributed by atoms with Crippen LogP contribution in [0.1, 0.15) is 66.2 Å². The van der Waals surface area contributed by atoms with E-state index in [2.05, 4.69) is 39.7 Å². The van der Waals surface area contributed by atoms with E-state index >= 15 is 0 Å². The molecule has 2 fully saturated rings. The summed E-state index contributed by atoms with van der Waals surface area (Å²) in [5.41, 5.74) is 5.14. The molecule has 2 aliphatic rings. The second kappa shape index (κ2) is 8.63. The molecule has 150 valence electrons. The van der Waals surface area contributed by atoms with Crippen molar-refractivity contribution in [3.05, 3.63) is 0 Å². The number of primary amides is 1. The number of nitrogens with zero attached hydrogens (tertiary/aromatic N) is 1. The Bertz CT molecular complexity index is 511. The first kappa shape index (κ1) is 21.7. The fourth-order valence-electron chi connectivity index (χ4n) is 4.50. The molecule has 3 N–H and O–H groups in total. The highest BCUT2D eigenvalue weighted by molar-refractivity contribution is 14.1. The van der Waals surface area contributed by atoms with Gasteiger partial charge in [-0.25, -0.2) is 4.79 Å². The van der Waals surface area contributed by atoms with Crippen molar-refractivity contribution in [1.29, 1.82) is 0 Å². The molecule has 1 unspecified atom stereocenters. The van der Waals surface area contributed by atoms with Crippen LogP contribution in [0.2, 0.25) is 0 Å². The maximum atomic E-state index is 12.2. The Morgan fingerprint density at radius 3 is 2.42 bits per heavy atom. The summed E-state index contributed by atoms with van der Waals surface area (Å²) in [7, 11) is 0. The second-order valence-corrected chi connectivity index (χ2v) is 10.9. The average molecular weight is 479 g/mol. The van der Waals surface area contributed by atoms with E-state index in [9.17, 15) is 9.59 Å².